The van der Waals surface area contributed by atoms with E-state index in [9.17, 15) is 4.79 Å². The van der Waals surface area contributed by atoms with Gasteiger partial charge >= 0.3 is 0 Å². The van der Waals surface area contributed by atoms with Crippen LogP contribution in [0.15, 0.2) is 24.7 Å². The van der Waals surface area contributed by atoms with Crippen LogP contribution in [0.5, 0.6) is 0 Å². The Balaban J connectivity index is 1.87. The second kappa shape index (κ2) is 5.03. The molecule has 0 aliphatic carbocycles. The van der Waals surface area contributed by atoms with Crippen molar-refractivity contribution in [2.45, 2.75) is 25.8 Å². The van der Waals surface area contributed by atoms with Crippen LogP contribution in [-0.4, -0.2) is 37.1 Å². The van der Waals surface area contributed by atoms with Gasteiger partial charge < -0.3 is 4.90 Å². The Morgan fingerprint density at radius 2 is 2.30 bits per heavy atom. The fraction of sp³-hybridized carbons (Fsp3) is 0.429. The lowest BCUT2D eigenvalue weighted by Gasteiger charge is -2.23. The molecule has 0 unspecified atom stereocenters. The topological polar surface area (TPSA) is 63.9 Å². The average molecular weight is 271 g/mol. The van der Waals surface area contributed by atoms with Gasteiger partial charge in [-0.3, -0.25) is 9.48 Å². The minimum atomic E-state index is -0.0261. The number of aryl methyl sites for hydroxylation is 2. The van der Waals surface area contributed by atoms with Gasteiger partial charge in [-0.05, 0) is 25.8 Å². The summed E-state index contributed by atoms with van der Waals surface area (Å²) in [6, 6.07) is 1.78. The highest BCUT2D eigenvalue weighted by molar-refractivity contribution is 5.92. The first-order chi connectivity index (χ1) is 9.65. The van der Waals surface area contributed by atoms with E-state index in [1.54, 1.807) is 23.9 Å². The molecule has 1 aliphatic heterocycles. The van der Waals surface area contributed by atoms with E-state index in [2.05, 4.69) is 15.1 Å². The highest BCUT2D eigenvalue weighted by Gasteiger charge is 2.31. The van der Waals surface area contributed by atoms with Crippen molar-refractivity contribution in [3.8, 4) is 0 Å². The number of carbonyl (C=O) groups is 1. The molecule has 0 bridgehead atoms. The van der Waals surface area contributed by atoms with Crippen LogP contribution < -0.4 is 0 Å². The smallest absolute Gasteiger partial charge is 0.273 e. The van der Waals surface area contributed by atoms with Crippen molar-refractivity contribution in [3.05, 3.63) is 41.7 Å². The van der Waals surface area contributed by atoms with Crippen LogP contribution in [0.3, 0.4) is 0 Å². The average Bonchev–Trinajstić information content (AvgIpc) is 3.06. The minimum absolute atomic E-state index is 0.0261. The fourth-order valence-electron chi connectivity index (χ4n) is 2.69. The van der Waals surface area contributed by atoms with Gasteiger partial charge in [-0.25, -0.2) is 9.97 Å². The lowest BCUT2D eigenvalue weighted by molar-refractivity contribution is 0.0729. The first kappa shape index (κ1) is 12.8. The molecular weight excluding hydrogens is 254 g/mol. The van der Waals surface area contributed by atoms with E-state index in [4.69, 9.17) is 0 Å². The molecule has 3 rings (SSSR count). The molecule has 3 heterocycles. The van der Waals surface area contributed by atoms with E-state index in [0.29, 0.717) is 11.5 Å². The van der Waals surface area contributed by atoms with Gasteiger partial charge in [0.25, 0.3) is 5.91 Å². The van der Waals surface area contributed by atoms with Crippen molar-refractivity contribution >= 4 is 5.91 Å². The summed E-state index contributed by atoms with van der Waals surface area (Å²) < 4.78 is 1.77. The number of rotatable bonds is 2. The van der Waals surface area contributed by atoms with Gasteiger partial charge in [-0.1, -0.05) is 0 Å². The number of carbonyl (C=O) groups excluding carboxylic acids is 1. The van der Waals surface area contributed by atoms with Gasteiger partial charge in [0.05, 0.1) is 12.2 Å². The standard InChI is InChI=1S/C14H17N5O/c1-10-15-6-5-12(17-10)14(20)19-7-3-4-13(19)11-8-16-18(2)9-11/h5-6,8-9,13H,3-4,7H2,1-2H3/t13-/m1/s1. The van der Waals surface area contributed by atoms with Crippen LogP contribution in [0.1, 0.15) is 40.8 Å². The van der Waals surface area contributed by atoms with Crippen LogP contribution in [-0.2, 0) is 7.05 Å². The van der Waals surface area contributed by atoms with E-state index < -0.39 is 0 Å². The molecule has 1 saturated heterocycles. The molecule has 0 aromatic carbocycles. The summed E-state index contributed by atoms with van der Waals surface area (Å²) >= 11 is 0. The van der Waals surface area contributed by atoms with Crippen molar-refractivity contribution in [2.75, 3.05) is 6.54 Å². The Kier molecular flexibility index (Phi) is 3.22. The lowest BCUT2D eigenvalue weighted by Crippen LogP contribution is -2.31. The third-order valence-electron chi connectivity index (χ3n) is 3.62. The number of nitrogens with zero attached hydrogens (tertiary/aromatic N) is 5. The zero-order valence-electron chi connectivity index (χ0n) is 11.7. The van der Waals surface area contributed by atoms with Gasteiger partial charge in [0.1, 0.15) is 11.5 Å². The van der Waals surface area contributed by atoms with Crippen LogP contribution in [0.4, 0.5) is 0 Å². The Hall–Kier alpha value is -2.24. The Labute approximate surface area is 117 Å². The Bertz CT molecular complexity index is 636. The molecule has 20 heavy (non-hydrogen) atoms. The van der Waals surface area contributed by atoms with Gasteiger partial charge in [-0.15, -0.1) is 0 Å². The predicted molar refractivity (Wildman–Crippen MR) is 73.0 cm³/mol. The van der Waals surface area contributed by atoms with Crippen molar-refractivity contribution in [3.63, 3.8) is 0 Å². The zero-order valence-corrected chi connectivity index (χ0v) is 11.7. The maximum Gasteiger partial charge on any atom is 0.273 e. The fourth-order valence-corrected chi connectivity index (χ4v) is 2.69. The summed E-state index contributed by atoms with van der Waals surface area (Å²) in [7, 11) is 1.89. The molecule has 2 aromatic heterocycles. The van der Waals surface area contributed by atoms with Gasteiger partial charge in [0.2, 0.25) is 0 Å². The molecule has 1 amide bonds. The quantitative estimate of drug-likeness (QED) is 0.830. The largest absolute Gasteiger partial charge is 0.330 e. The van der Waals surface area contributed by atoms with Gasteiger partial charge in [-0.2, -0.15) is 5.10 Å². The Morgan fingerprint density at radius 1 is 1.45 bits per heavy atom. The summed E-state index contributed by atoms with van der Waals surface area (Å²) in [5, 5.41) is 4.19. The molecule has 0 N–H and O–H groups in total. The first-order valence-electron chi connectivity index (χ1n) is 6.74. The minimum Gasteiger partial charge on any atom is -0.330 e. The monoisotopic (exact) mass is 271 g/mol. The molecule has 0 saturated carbocycles. The lowest BCUT2D eigenvalue weighted by atomic mass is 10.1. The third-order valence-corrected chi connectivity index (χ3v) is 3.62. The van der Waals surface area contributed by atoms with Crippen LogP contribution in [0.25, 0.3) is 0 Å². The van der Waals surface area contributed by atoms with E-state index in [1.165, 1.54) is 0 Å². The number of aromatic nitrogens is 4. The normalized spacial score (nSPS) is 18.5. The summed E-state index contributed by atoms with van der Waals surface area (Å²) in [6.45, 7) is 2.56. The number of hydrogen-bond acceptors (Lipinski definition) is 4. The summed E-state index contributed by atoms with van der Waals surface area (Å²) in [5.41, 5.74) is 1.55. The maximum atomic E-state index is 12.6. The summed E-state index contributed by atoms with van der Waals surface area (Å²) in [4.78, 5) is 22.7. The predicted octanol–water partition coefficient (Wildman–Crippen LogP) is 1.50. The molecule has 1 atom stereocenters. The molecule has 6 heteroatoms. The molecule has 2 aromatic rings. The van der Waals surface area contributed by atoms with E-state index >= 15 is 0 Å². The number of likely N-dealkylation sites (tertiary alicyclic amines) is 1. The van der Waals surface area contributed by atoms with Gasteiger partial charge in [0, 0.05) is 31.5 Å². The molecule has 6 nitrogen and oxygen atoms in total. The summed E-state index contributed by atoms with van der Waals surface area (Å²) in [6.07, 6.45) is 7.42. The SMILES string of the molecule is Cc1nccc(C(=O)N2CCC[C@@H]2c2cnn(C)c2)n1. The molecule has 1 fully saturated rings. The molecule has 1 aliphatic rings. The zero-order chi connectivity index (χ0) is 14.1. The van der Waals surface area contributed by atoms with E-state index in [0.717, 1.165) is 24.9 Å². The second-order valence-corrected chi connectivity index (χ2v) is 5.09. The van der Waals surface area contributed by atoms with Crippen LogP contribution in [0, 0.1) is 6.92 Å². The summed E-state index contributed by atoms with van der Waals surface area (Å²) in [5.74, 6) is 0.592. The van der Waals surface area contributed by atoms with Crippen molar-refractivity contribution in [1.82, 2.24) is 24.6 Å². The first-order valence-corrected chi connectivity index (χ1v) is 6.74. The van der Waals surface area contributed by atoms with Gasteiger partial charge in [0.15, 0.2) is 0 Å². The van der Waals surface area contributed by atoms with Crippen LogP contribution in [0.2, 0.25) is 0 Å². The number of hydrogen-bond donors (Lipinski definition) is 0. The third kappa shape index (κ3) is 2.29. The highest BCUT2D eigenvalue weighted by atomic mass is 16.2. The van der Waals surface area contributed by atoms with Crippen molar-refractivity contribution in [2.24, 2.45) is 7.05 Å². The second-order valence-electron chi connectivity index (χ2n) is 5.09. The van der Waals surface area contributed by atoms with Crippen molar-refractivity contribution < 1.29 is 4.79 Å². The maximum absolute atomic E-state index is 12.6. The Morgan fingerprint density at radius 3 is 3.00 bits per heavy atom. The highest BCUT2D eigenvalue weighted by Crippen LogP contribution is 2.32. The molecule has 104 valence electrons. The van der Waals surface area contributed by atoms with Crippen molar-refractivity contribution in [1.29, 1.82) is 0 Å². The van der Waals surface area contributed by atoms with E-state index in [1.807, 2.05) is 24.3 Å². The number of amides is 1. The molecule has 0 spiro atoms. The van der Waals surface area contributed by atoms with Crippen LogP contribution >= 0.6 is 0 Å². The van der Waals surface area contributed by atoms with E-state index in [-0.39, 0.29) is 11.9 Å². The molecular formula is C14H17N5O. The molecule has 0 radical (unpaired) electrons.